The molecule has 0 bridgehead atoms. The third-order valence-electron chi connectivity index (χ3n) is 4.51. The molecule has 6 heteroatoms. The molecule has 0 amide bonds. The molecule has 1 aliphatic rings. The van der Waals surface area contributed by atoms with Gasteiger partial charge in [-0.1, -0.05) is 29.8 Å². The lowest BCUT2D eigenvalue weighted by Gasteiger charge is -2.15. The van der Waals surface area contributed by atoms with Gasteiger partial charge in [0.15, 0.2) is 17.5 Å². The van der Waals surface area contributed by atoms with Crippen LogP contribution in [0.25, 0.3) is 0 Å². The predicted octanol–water partition coefficient (Wildman–Crippen LogP) is 3.82. The van der Waals surface area contributed by atoms with Crippen molar-refractivity contribution in [2.45, 2.75) is 18.3 Å². The van der Waals surface area contributed by atoms with Crippen molar-refractivity contribution in [2.75, 3.05) is 26.1 Å². The number of methoxy groups -OCH3 is 2. The van der Waals surface area contributed by atoms with Crippen LogP contribution < -0.4 is 20.5 Å². The van der Waals surface area contributed by atoms with E-state index in [4.69, 9.17) is 26.8 Å². The highest BCUT2D eigenvalue weighted by Crippen LogP contribution is 2.50. The van der Waals surface area contributed by atoms with Crippen molar-refractivity contribution in [1.29, 1.82) is 0 Å². The van der Waals surface area contributed by atoms with Crippen LogP contribution >= 0.6 is 11.6 Å². The highest BCUT2D eigenvalue weighted by atomic mass is 35.5. The fourth-order valence-electron chi connectivity index (χ4n) is 2.89. The van der Waals surface area contributed by atoms with Crippen LogP contribution in [0.1, 0.15) is 18.4 Å². The van der Waals surface area contributed by atoms with Gasteiger partial charge in [-0.3, -0.25) is 4.99 Å². The van der Waals surface area contributed by atoms with Crippen LogP contribution in [0.4, 0.5) is 5.69 Å². The van der Waals surface area contributed by atoms with Gasteiger partial charge in [0.1, 0.15) is 0 Å². The summed E-state index contributed by atoms with van der Waals surface area (Å²) in [5, 5.41) is 3.89. The number of hydrogen-bond acceptors (Lipinski definition) is 3. The van der Waals surface area contributed by atoms with Crippen molar-refractivity contribution in [1.82, 2.24) is 0 Å². The van der Waals surface area contributed by atoms with E-state index < -0.39 is 0 Å². The summed E-state index contributed by atoms with van der Waals surface area (Å²) in [5.41, 5.74) is 8.01. The van der Waals surface area contributed by atoms with E-state index in [0.717, 1.165) is 29.1 Å². The first kappa shape index (κ1) is 17.4. The zero-order valence-corrected chi connectivity index (χ0v) is 15.1. The summed E-state index contributed by atoms with van der Waals surface area (Å²) < 4.78 is 10.5. The second-order valence-electron chi connectivity index (χ2n) is 6.16. The van der Waals surface area contributed by atoms with E-state index >= 15 is 0 Å². The fraction of sp³-hybridized carbons (Fsp3) is 0.316. The Morgan fingerprint density at radius 2 is 1.88 bits per heavy atom. The van der Waals surface area contributed by atoms with Gasteiger partial charge in [0.25, 0.3) is 0 Å². The van der Waals surface area contributed by atoms with Crippen LogP contribution in [0.2, 0.25) is 5.02 Å². The lowest BCUT2D eigenvalue weighted by Crippen LogP contribution is -2.25. The minimum absolute atomic E-state index is 0.0161. The van der Waals surface area contributed by atoms with Gasteiger partial charge in [0.2, 0.25) is 0 Å². The molecule has 0 unspecified atom stereocenters. The molecule has 5 nitrogen and oxygen atoms in total. The van der Waals surface area contributed by atoms with Crippen molar-refractivity contribution in [3.63, 3.8) is 0 Å². The molecule has 0 radical (unpaired) electrons. The monoisotopic (exact) mass is 359 g/mol. The van der Waals surface area contributed by atoms with Crippen LogP contribution in [0, 0.1) is 0 Å². The second kappa shape index (κ2) is 7.23. The van der Waals surface area contributed by atoms with E-state index in [0.29, 0.717) is 24.0 Å². The van der Waals surface area contributed by atoms with Crippen LogP contribution in [-0.2, 0) is 5.41 Å². The number of halogens is 1. The smallest absolute Gasteiger partial charge is 0.193 e. The number of rotatable bonds is 6. The summed E-state index contributed by atoms with van der Waals surface area (Å²) in [4.78, 5) is 4.52. The topological polar surface area (TPSA) is 68.9 Å². The molecule has 132 valence electrons. The highest BCUT2D eigenvalue weighted by Gasteiger charge is 2.45. The molecule has 0 atom stereocenters. The molecule has 0 aromatic heterocycles. The van der Waals surface area contributed by atoms with Crippen molar-refractivity contribution in [2.24, 2.45) is 10.7 Å². The molecule has 3 rings (SSSR count). The fourth-order valence-corrected chi connectivity index (χ4v) is 3.23. The van der Waals surface area contributed by atoms with Gasteiger partial charge in [-0.2, -0.15) is 0 Å². The Morgan fingerprint density at radius 3 is 2.52 bits per heavy atom. The third kappa shape index (κ3) is 3.82. The van der Waals surface area contributed by atoms with Gasteiger partial charge < -0.3 is 20.5 Å². The first-order valence-electron chi connectivity index (χ1n) is 8.12. The second-order valence-corrected chi connectivity index (χ2v) is 6.56. The molecule has 0 aliphatic heterocycles. The van der Waals surface area contributed by atoms with E-state index in [-0.39, 0.29) is 5.41 Å². The number of anilines is 1. The van der Waals surface area contributed by atoms with Crippen LogP contribution in [0.3, 0.4) is 0 Å². The summed E-state index contributed by atoms with van der Waals surface area (Å²) in [7, 11) is 3.20. The first-order valence-corrected chi connectivity index (χ1v) is 8.50. The van der Waals surface area contributed by atoms with Crippen LogP contribution in [-0.4, -0.2) is 26.7 Å². The molecule has 25 heavy (non-hydrogen) atoms. The minimum Gasteiger partial charge on any atom is -0.493 e. The number of guanidine groups is 1. The van der Waals surface area contributed by atoms with Crippen molar-refractivity contribution in [3.8, 4) is 11.5 Å². The maximum atomic E-state index is 6.33. The molecule has 0 heterocycles. The predicted molar refractivity (Wildman–Crippen MR) is 102 cm³/mol. The Morgan fingerprint density at radius 1 is 1.16 bits per heavy atom. The van der Waals surface area contributed by atoms with E-state index in [1.807, 2.05) is 36.4 Å². The maximum absolute atomic E-state index is 6.33. The molecule has 0 spiro atoms. The van der Waals surface area contributed by atoms with Crippen LogP contribution in [0.5, 0.6) is 11.5 Å². The first-order chi connectivity index (χ1) is 12.1. The van der Waals surface area contributed by atoms with E-state index in [2.05, 4.69) is 16.4 Å². The Bertz CT molecular complexity index is 788. The molecule has 3 N–H and O–H groups in total. The standard InChI is InChI=1S/C19H22ClN3O2/c1-24-16-8-7-13(11-17(16)25-2)23-18(21)22-12-19(9-10-19)14-5-3-4-6-15(14)20/h3-8,11H,9-10,12H2,1-2H3,(H3,21,22,23). The highest BCUT2D eigenvalue weighted by molar-refractivity contribution is 6.31. The number of nitrogens with one attached hydrogen (secondary N) is 1. The summed E-state index contributed by atoms with van der Waals surface area (Å²) in [5.74, 6) is 1.67. The summed E-state index contributed by atoms with van der Waals surface area (Å²) >= 11 is 6.33. The number of ether oxygens (including phenoxy) is 2. The van der Waals surface area contributed by atoms with Crippen LogP contribution in [0.15, 0.2) is 47.5 Å². The van der Waals surface area contributed by atoms with Gasteiger partial charge in [0.05, 0.1) is 20.8 Å². The Kier molecular flexibility index (Phi) is 5.04. The number of benzene rings is 2. The van der Waals surface area contributed by atoms with Crippen molar-refractivity contribution < 1.29 is 9.47 Å². The Hall–Kier alpha value is -2.40. The van der Waals surface area contributed by atoms with Crippen molar-refractivity contribution >= 4 is 23.2 Å². The molecular weight excluding hydrogens is 338 g/mol. The lowest BCUT2D eigenvalue weighted by atomic mass is 9.96. The molecule has 2 aromatic rings. The average molecular weight is 360 g/mol. The zero-order chi connectivity index (χ0) is 17.9. The summed E-state index contributed by atoms with van der Waals surface area (Å²) in [6.07, 6.45) is 2.15. The van der Waals surface area contributed by atoms with E-state index in [1.165, 1.54) is 0 Å². The quantitative estimate of drug-likeness (QED) is 0.607. The van der Waals surface area contributed by atoms with Gasteiger partial charge in [-0.05, 0) is 36.6 Å². The molecular formula is C19H22ClN3O2. The number of aliphatic imine (C=N–C) groups is 1. The molecule has 0 saturated heterocycles. The van der Waals surface area contributed by atoms with E-state index in [9.17, 15) is 0 Å². The minimum atomic E-state index is 0.0161. The number of nitrogens with two attached hydrogens (primary N) is 1. The lowest BCUT2D eigenvalue weighted by molar-refractivity contribution is 0.355. The number of nitrogens with zero attached hydrogens (tertiary/aromatic N) is 1. The van der Waals surface area contributed by atoms with E-state index in [1.54, 1.807) is 14.2 Å². The Labute approximate surface area is 152 Å². The van der Waals surface area contributed by atoms with Crippen molar-refractivity contribution in [3.05, 3.63) is 53.1 Å². The molecule has 2 aromatic carbocycles. The number of hydrogen-bond donors (Lipinski definition) is 2. The Balaban J connectivity index is 1.70. The SMILES string of the molecule is COc1ccc(NC(N)=NCC2(c3ccccc3Cl)CC2)cc1OC. The average Bonchev–Trinajstić information content (AvgIpc) is 3.41. The molecule has 1 aliphatic carbocycles. The molecule has 1 fully saturated rings. The molecule has 1 saturated carbocycles. The largest absolute Gasteiger partial charge is 0.493 e. The third-order valence-corrected chi connectivity index (χ3v) is 4.84. The normalized spacial score (nSPS) is 15.6. The summed E-state index contributed by atoms with van der Waals surface area (Å²) in [6.45, 7) is 0.614. The zero-order valence-electron chi connectivity index (χ0n) is 14.4. The summed E-state index contributed by atoms with van der Waals surface area (Å²) in [6, 6.07) is 13.5. The maximum Gasteiger partial charge on any atom is 0.193 e. The van der Waals surface area contributed by atoms with Gasteiger partial charge in [0, 0.05) is 22.2 Å². The van der Waals surface area contributed by atoms with Gasteiger partial charge in [-0.15, -0.1) is 0 Å². The van der Waals surface area contributed by atoms with Gasteiger partial charge in [-0.25, -0.2) is 0 Å². The van der Waals surface area contributed by atoms with Gasteiger partial charge >= 0.3 is 0 Å².